The molecule has 0 saturated heterocycles. The lowest BCUT2D eigenvalue weighted by atomic mass is 9.98. The van der Waals surface area contributed by atoms with Crippen molar-refractivity contribution in [2.24, 2.45) is 0 Å². The van der Waals surface area contributed by atoms with Crippen LogP contribution in [0.5, 0.6) is 0 Å². The molecule has 6 nitrogen and oxygen atoms in total. The summed E-state index contributed by atoms with van der Waals surface area (Å²) in [6, 6.07) is 9.42. The fourth-order valence-electron chi connectivity index (χ4n) is 2.23. The molecule has 0 fully saturated rings. The van der Waals surface area contributed by atoms with E-state index in [-0.39, 0.29) is 5.97 Å². The van der Waals surface area contributed by atoms with Crippen LogP contribution in [0.25, 0.3) is 5.65 Å². The zero-order chi connectivity index (χ0) is 14.7. The van der Waals surface area contributed by atoms with Gasteiger partial charge in [0.1, 0.15) is 5.92 Å². The van der Waals surface area contributed by atoms with Crippen molar-refractivity contribution in [3.63, 3.8) is 0 Å². The van der Waals surface area contributed by atoms with Crippen LogP contribution in [0.15, 0.2) is 48.9 Å². The normalized spacial score (nSPS) is 12.2. The van der Waals surface area contributed by atoms with Gasteiger partial charge in [0.2, 0.25) is 0 Å². The van der Waals surface area contributed by atoms with Crippen LogP contribution in [0.3, 0.4) is 0 Å². The standard InChI is InChI=1S/C15H14N4O2/c1-2-21-15(20)13(11-6-4-3-5-7-11)14-18-17-12-10-16-8-9-19(12)14/h3-10,13H,2H2,1H3. The number of fused-ring (bicyclic) bond motifs is 1. The van der Waals surface area contributed by atoms with Gasteiger partial charge in [-0.3, -0.25) is 14.2 Å². The Bertz CT molecular complexity index is 754. The van der Waals surface area contributed by atoms with E-state index in [2.05, 4.69) is 15.2 Å². The Balaban J connectivity index is 2.13. The van der Waals surface area contributed by atoms with Crippen molar-refractivity contribution in [2.75, 3.05) is 6.61 Å². The number of esters is 1. The minimum absolute atomic E-state index is 0.320. The zero-order valence-electron chi connectivity index (χ0n) is 11.5. The number of ether oxygens (including phenoxy) is 1. The van der Waals surface area contributed by atoms with Crippen molar-refractivity contribution in [2.45, 2.75) is 12.8 Å². The maximum atomic E-state index is 12.4. The molecule has 21 heavy (non-hydrogen) atoms. The summed E-state index contributed by atoms with van der Waals surface area (Å²) in [5.41, 5.74) is 1.42. The van der Waals surface area contributed by atoms with Crippen molar-refractivity contribution in [1.29, 1.82) is 0 Å². The summed E-state index contributed by atoms with van der Waals surface area (Å²) in [5.74, 6) is -0.421. The van der Waals surface area contributed by atoms with Crippen molar-refractivity contribution < 1.29 is 9.53 Å². The van der Waals surface area contributed by atoms with Crippen LogP contribution in [-0.4, -0.2) is 32.2 Å². The smallest absolute Gasteiger partial charge is 0.321 e. The topological polar surface area (TPSA) is 69.4 Å². The van der Waals surface area contributed by atoms with Crippen molar-refractivity contribution in [3.8, 4) is 0 Å². The maximum Gasteiger partial charge on any atom is 0.321 e. The van der Waals surface area contributed by atoms with Crippen LogP contribution in [-0.2, 0) is 9.53 Å². The first-order valence-corrected chi connectivity index (χ1v) is 6.67. The third kappa shape index (κ3) is 2.47. The van der Waals surface area contributed by atoms with Crippen molar-refractivity contribution in [3.05, 3.63) is 60.3 Å². The van der Waals surface area contributed by atoms with Gasteiger partial charge in [-0.25, -0.2) is 0 Å². The van der Waals surface area contributed by atoms with Crippen LogP contribution in [0, 0.1) is 0 Å². The lowest BCUT2D eigenvalue weighted by Crippen LogP contribution is -2.19. The highest BCUT2D eigenvalue weighted by atomic mass is 16.5. The molecule has 6 heteroatoms. The molecule has 1 aromatic carbocycles. The molecule has 0 bridgehead atoms. The number of carbonyl (C=O) groups excluding carboxylic acids is 1. The van der Waals surface area contributed by atoms with Gasteiger partial charge in [0.05, 0.1) is 12.8 Å². The summed E-state index contributed by atoms with van der Waals surface area (Å²) in [7, 11) is 0. The van der Waals surface area contributed by atoms with E-state index in [1.807, 2.05) is 30.3 Å². The molecule has 2 heterocycles. The summed E-state index contributed by atoms with van der Waals surface area (Å²) in [4.78, 5) is 16.4. The van der Waals surface area contributed by atoms with E-state index < -0.39 is 5.92 Å². The third-order valence-electron chi connectivity index (χ3n) is 3.15. The van der Waals surface area contributed by atoms with Crippen LogP contribution in [0.2, 0.25) is 0 Å². The van der Waals surface area contributed by atoms with Gasteiger partial charge in [-0.2, -0.15) is 0 Å². The molecule has 2 aromatic heterocycles. The zero-order valence-corrected chi connectivity index (χ0v) is 11.5. The van der Waals surface area contributed by atoms with Crippen molar-refractivity contribution >= 4 is 11.6 Å². The minimum atomic E-state index is -0.608. The summed E-state index contributed by atoms with van der Waals surface area (Å²) in [5, 5.41) is 8.20. The number of rotatable bonds is 4. The van der Waals surface area contributed by atoms with E-state index in [9.17, 15) is 4.79 Å². The monoisotopic (exact) mass is 282 g/mol. The van der Waals surface area contributed by atoms with Gasteiger partial charge in [0, 0.05) is 12.4 Å². The summed E-state index contributed by atoms with van der Waals surface area (Å²) in [6.07, 6.45) is 4.97. The highest BCUT2D eigenvalue weighted by Gasteiger charge is 2.28. The second kappa shape index (κ2) is 5.70. The predicted octanol–water partition coefficient (Wildman–Crippen LogP) is 1.82. The number of carbonyl (C=O) groups is 1. The van der Waals surface area contributed by atoms with E-state index in [0.29, 0.717) is 18.1 Å². The Hall–Kier alpha value is -2.76. The fourth-order valence-corrected chi connectivity index (χ4v) is 2.23. The average molecular weight is 282 g/mol. The van der Waals surface area contributed by atoms with Gasteiger partial charge in [-0.15, -0.1) is 10.2 Å². The highest BCUT2D eigenvalue weighted by Crippen LogP contribution is 2.25. The van der Waals surface area contributed by atoms with Crippen LogP contribution in [0.1, 0.15) is 24.2 Å². The maximum absolute atomic E-state index is 12.4. The van der Waals surface area contributed by atoms with Gasteiger partial charge >= 0.3 is 5.97 Å². The first-order valence-electron chi connectivity index (χ1n) is 6.67. The first kappa shape index (κ1) is 13.2. The fraction of sp³-hybridized carbons (Fsp3) is 0.200. The largest absolute Gasteiger partial charge is 0.465 e. The number of hydrogen-bond donors (Lipinski definition) is 0. The molecule has 3 rings (SSSR count). The molecule has 1 atom stereocenters. The van der Waals surface area contributed by atoms with Gasteiger partial charge in [0.15, 0.2) is 11.5 Å². The van der Waals surface area contributed by atoms with Gasteiger partial charge in [-0.05, 0) is 12.5 Å². The highest BCUT2D eigenvalue weighted by molar-refractivity contribution is 5.81. The Labute approximate surface area is 121 Å². The van der Waals surface area contributed by atoms with Gasteiger partial charge < -0.3 is 4.74 Å². The predicted molar refractivity (Wildman–Crippen MR) is 75.7 cm³/mol. The van der Waals surface area contributed by atoms with E-state index >= 15 is 0 Å². The minimum Gasteiger partial charge on any atom is -0.465 e. The van der Waals surface area contributed by atoms with Crippen LogP contribution >= 0.6 is 0 Å². The lowest BCUT2D eigenvalue weighted by molar-refractivity contribution is -0.144. The molecule has 0 saturated carbocycles. The van der Waals surface area contributed by atoms with Gasteiger partial charge in [-0.1, -0.05) is 30.3 Å². The molecule has 0 aliphatic rings. The molecule has 3 aromatic rings. The first-order chi connectivity index (χ1) is 10.3. The number of aromatic nitrogens is 4. The quantitative estimate of drug-likeness (QED) is 0.683. The molecule has 0 N–H and O–H groups in total. The summed E-state index contributed by atoms with van der Waals surface area (Å²) < 4.78 is 6.95. The third-order valence-corrected chi connectivity index (χ3v) is 3.15. The molecule has 0 amide bonds. The molecule has 0 aliphatic carbocycles. The SMILES string of the molecule is CCOC(=O)C(c1ccccc1)c1nnc2cnccn12. The van der Waals surface area contributed by atoms with E-state index in [1.165, 1.54) is 0 Å². The Kier molecular flexibility index (Phi) is 3.59. The average Bonchev–Trinajstić information content (AvgIpc) is 2.93. The molecule has 0 spiro atoms. The lowest BCUT2D eigenvalue weighted by Gasteiger charge is -2.14. The van der Waals surface area contributed by atoms with E-state index in [0.717, 1.165) is 5.56 Å². The van der Waals surface area contributed by atoms with E-state index in [4.69, 9.17) is 4.74 Å². The molecule has 0 aliphatic heterocycles. The van der Waals surface area contributed by atoms with Crippen molar-refractivity contribution in [1.82, 2.24) is 19.6 Å². The van der Waals surface area contributed by atoms with Crippen LogP contribution < -0.4 is 0 Å². The second-order valence-electron chi connectivity index (χ2n) is 4.46. The Morgan fingerprint density at radius 2 is 2.10 bits per heavy atom. The second-order valence-corrected chi connectivity index (χ2v) is 4.46. The Morgan fingerprint density at radius 1 is 1.29 bits per heavy atom. The molecule has 106 valence electrons. The summed E-state index contributed by atoms with van der Waals surface area (Å²) >= 11 is 0. The molecule has 1 unspecified atom stereocenters. The number of nitrogens with zero attached hydrogens (tertiary/aromatic N) is 4. The Morgan fingerprint density at radius 3 is 2.86 bits per heavy atom. The van der Waals surface area contributed by atoms with Crippen LogP contribution in [0.4, 0.5) is 0 Å². The molecular formula is C15H14N4O2. The molecular weight excluding hydrogens is 268 g/mol. The summed E-state index contributed by atoms with van der Waals surface area (Å²) in [6.45, 7) is 2.10. The van der Waals surface area contributed by atoms with Gasteiger partial charge in [0.25, 0.3) is 0 Å². The number of benzene rings is 1. The van der Waals surface area contributed by atoms with E-state index in [1.54, 1.807) is 29.9 Å². The molecule has 0 radical (unpaired) electrons. The number of hydrogen-bond acceptors (Lipinski definition) is 5.